The van der Waals surface area contributed by atoms with E-state index in [4.69, 9.17) is 21.3 Å². The minimum atomic E-state index is -0.722. The first-order valence-corrected chi connectivity index (χ1v) is 12.7. The number of ketones is 1. The van der Waals surface area contributed by atoms with E-state index in [0.717, 1.165) is 27.8 Å². The monoisotopic (exact) mass is 494 g/mol. The van der Waals surface area contributed by atoms with Gasteiger partial charge in [0.25, 0.3) is 5.91 Å². The molecule has 1 N–H and O–H groups in total. The summed E-state index contributed by atoms with van der Waals surface area (Å²) in [7, 11) is 0. The Balaban J connectivity index is 1.52. The molecule has 174 valence electrons. The number of hydrogen-bond donors (Lipinski definition) is 1. The van der Waals surface area contributed by atoms with Crippen molar-refractivity contribution in [1.82, 2.24) is 4.98 Å². The Morgan fingerprint density at radius 1 is 1.18 bits per heavy atom. The molecule has 2 aliphatic heterocycles. The zero-order valence-electron chi connectivity index (χ0n) is 18.7. The SMILES string of the molecule is Cc1cc(C)c2nc(N3C(=O)C4=C(C(=O)C5CC(Cl)CCC5O4)C3c3cccc(O)c3)sc2c1. The lowest BCUT2D eigenvalue weighted by atomic mass is 9.77. The lowest BCUT2D eigenvalue weighted by Crippen LogP contribution is -2.41. The van der Waals surface area contributed by atoms with Gasteiger partial charge >= 0.3 is 0 Å². The molecule has 1 amide bonds. The Hall–Kier alpha value is -2.90. The van der Waals surface area contributed by atoms with Crippen molar-refractivity contribution in [1.29, 1.82) is 0 Å². The van der Waals surface area contributed by atoms with Crippen LogP contribution in [-0.4, -0.2) is 33.3 Å². The number of thiazole rings is 1. The number of halogens is 1. The summed E-state index contributed by atoms with van der Waals surface area (Å²) >= 11 is 7.82. The molecule has 3 heterocycles. The predicted molar refractivity (Wildman–Crippen MR) is 131 cm³/mol. The van der Waals surface area contributed by atoms with E-state index in [1.165, 1.54) is 11.3 Å². The number of aromatic hydroxyl groups is 1. The molecule has 2 aromatic carbocycles. The van der Waals surface area contributed by atoms with Crippen LogP contribution in [-0.2, 0) is 14.3 Å². The van der Waals surface area contributed by atoms with Gasteiger partial charge in [0.1, 0.15) is 11.9 Å². The number of aromatic nitrogens is 1. The smallest absolute Gasteiger partial charge is 0.296 e. The summed E-state index contributed by atoms with van der Waals surface area (Å²) < 4.78 is 7.20. The molecule has 8 heteroatoms. The van der Waals surface area contributed by atoms with Gasteiger partial charge in [-0.05, 0) is 68.0 Å². The molecule has 34 heavy (non-hydrogen) atoms. The van der Waals surface area contributed by atoms with Gasteiger partial charge < -0.3 is 9.84 Å². The number of benzene rings is 2. The molecule has 6 nitrogen and oxygen atoms in total. The van der Waals surface area contributed by atoms with Crippen LogP contribution in [0, 0.1) is 19.8 Å². The standard InChI is InChI=1S/C26H23ClN2O4S/c1-12-8-13(2)21-19(9-12)34-26(28-21)29-22(14-4-3-5-16(30)10-14)20-23(31)17-11-15(27)6-7-18(17)33-24(20)25(29)32/h3-5,8-10,15,17-18,22,30H,6-7,11H2,1-2H3. The molecular formula is C26H23ClN2O4S. The second kappa shape index (κ2) is 7.82. The van der Waals surface area contributed by atoms with Gasteiger partial charge in [0.15, 0.2) is 16.7 Å². The highest BCUT2D eigenvalue weighted by molar-refractivity contribution is 7.22. The molecule has 3 aliphatic rings. The highest BCUT2D eigenvalue weighted by atomic mass is 35.5. The van der Waals surface area contributed by atoms with E-state index >= 15 is 0 Å². The maximum atomic E-state index is 13.8. The largest absolute Gasteiger partial charge is 0.508 e. The van der Waals surface area contributed by atoms with Crippen molar-refractivity contribution < 1.29 is 19.4 Å². The third kappa shape index (κ3) is 3.25. The van der Waals surface area contributed by atoms with Crippen molar-refractivity contribution in [3.63, 3.8) is 0 Å². The van der Waals surface area contributed by atoms with Crippen LogP contribution >= 0.6 is 22.9 Å². The summed E-state index contributed by atoms with van der Waals surface area (Å²) in [5.41, 5.74) is 3.97. The van der Waals surface area contributed by atoms with Crippen LogP contribution in [0.25, 0.3) is 10.2 Å². The summed E-state index contributed by atoms with van der Waals surface area (Å²) in [4.78, 5) is 34.0. The molecule has 4 unspecified atom stereocenters. The molecule has 0 bridgehead atoms. The third-order valence-electron chi connectivity index (χ3n) is 6.99. The van der Waals surface area contributed by atoms with E-state index in [2.05, 4.69) is 12.1 Å². The first-order valence-electron chi connectivity index (χ1n) is 11.4. The molecule has 0 spiro atoms. The number of phenolic OH excluding ortho intramolecular Hbond substituents is 1. The fourth-order valence-corrected chi connectivity index (χ4v) is 6.97. The minimum Gasteiger partial charge on any atom is -0.508 e. The van der Waals surface area contributed by atoms with Crippen LogP contribution in [0.5, 0.6) is 5.75 Å². The van der Waals surface area contributed by atoms with Crippen molar-refractivity contribution in [2.45, 2.75) is 50.6 Å². The Morgan fingerprint density at radius 3 is 2.79 bits per heavy atom. The van der Waals surface area contributed by atoms with E-state index in [0.29, 0.717) is 29.1 Å². The number of hydrogen-bond acceptors (Lipinski definition) is 6. The first-order chi connectivity index (χ1) is 16.3. The number of rotatable bonds is 2. The van der Waals surface area contributed by atoms with Gasteiger partial charge in [-0.2, -0.15) is 0 Å². The second-order valence-corrected chi connectivity index (χ2v) is 11.0. The molecule has 1 aromatic heterocycles. The summed E-state index contributed by atoms with van der Waals surface area (Å²) in [5, 5.41) is 10.6. The zero-order chi connectivity index (χ0) is 23.7. The van der Waals surface area contributed by atoms with E-state index < -0.39 is 6.04 Å². The molecular weight excluding hydrogens is 472 g/mol. The van der Waals surface area contributed by atoms with Crippen LogP contribution < -0.4 is 4.90 Å². The molecule has 0 radical (unpaired) electrons. The Bertz CT molecular complexity index is 1400. The number of anilines is 1. The van der Waals surface area contributed by atoms with Gasteiger partial charge in [-0.15, -0.1) is 11.6 Å². The molecule has 1 aliphatic carbocycles. The molecule has 0 saturated heterocycles. The number of amides is 1. The number of carbonyl (C=O) groups excluding carboxylic acids is 2. The number of carbonyl (C=O) groups is 2. The fourth-order valence-electron chi connectivity index (χ4n) is 5.49. The van der Waals surface area contributed by atoms with Crippen LogP contribution in [0.1, 0.15) is 42.0 Å². The fraction of sp³-hybridized carbons (Fsp3) is 0.346. The zero-order valence-corrected chi connectivity index (χ0v) is 20.3. The van der Waals surface area contributed by atoms with Crippen molar-refractivity contribution in [2.24, 2.45) is 5.92 Å². The van der Waals surface area contributed by atoms with E-state index in [1.54, 1.807) is 23.1 Å². The molecule has 4 atom stereocenters. The number of nitrogens with zero attached hydrogens (tertiary/aromatic N) is 2. The molecule has 6 rings (SSSR count). The second-order valence-electron chi connectivity index (χ2n) is 9.38. The van der Waals surface area contributed by atoms with E-state index in [9.17, 15) is 14.7 Å². The number of phenols is 1. The topological polar surface area (TPSA) is 79.7 Å². The first kappa shape index (κ1) is 21.6. The van der Waals surface area contributed by atoms with Gasteiger partial charge in [0.2, 0.25) is 0 Å². The Kier molecular flexibility index (Phi) is 4.97. The summed E-state index contributed by atoms with van der Waals surface area (Å²) in [6, 6.07) is 10.1. The van der Waals surface area contributed by atoms with Crippen LogP contribution in [0.3, 0.4) is 0 Å². The highest BCUT2D eigenvalue weighted by Crippen LogP contribution is 2.50. The van der Waals surface area contributed by atoms with Crippen molar-refractivity contribution in [3.05, 3.63) is 64.4 Å². The van der Waals surface area contributed by atoms with Crippen molar-refractivity contribution in [2.75, 3.05) is 4.90 Å². The van der Waals surface area contributed by atoms with Gasteiger partial charge in [0, 0.05) is 5.38 Å². The Labute approximate surface area is 205 Å². The number of alkyl halides is 1. The highest BCUT2D eigenvalue weighted by Gasteiger charge is 2.53. The lowest BCUT2D eigenvalue weighted by molar-refractivity contribution is -0.131. The number of aryl methyl sites for hydroxylation is 2. The maximum Gasteiger partial charge on any atom is 0.296 e. The number of fused-ring (bicyclic) bond motifs is 2. The minimum absolute atomic E-state index is 0.0651. The van der Waals surface area contributed by atoms with Crippen LogP contribution in [0.2, 0.25) is 0 Å². The van der Waals surface area contributed by atoms with Gasteiger partial charge in [-0.3, -0.25) is 14.5 Å². The quantitative estimate of drug-likeness (QED) is 0.487. The predicted octanol–water partition coefficient (Wildman–Crippen LogP) is 5.34. The summed E-state index contributed by atoms with van der Waals surface area (Å²) in [6.45, 7) is 4.03. The molecule has 3 aromatic rings. The number of ether oxygens (including phenoxy) is 1. The van der Waals surface area contributed by atoms with E-state index in [1.807, 2.05) is 19.9 Å². The van der Waals surface area contributed by atoms with Crippen molar-refractivity contribution in [3.8, 4) is 5.75 Å². The van der Waals surface area contributed by atoms with Crippen LogP contribution in [0.4, 0.5) is 5.13 Å². The van der Waals surface area contributed by atoms with Crippen molar-refractivity contribution >= 4 is 50.0 Å². The van der Waals surface area contributed by atoms with Gasteiger partial charge in [-0.25, -0.2) is 4.98 Å². The van der Waals surface area contributed by atoms with Gasteiger partial charge in [-0.1, -0.05) is 29.5 Å². The number of Topliss-reactive ketones (excluding diaryl/α,β-unsaturated/α-hetero) is 1. The maximum absolute atomic E-state index is 13.8. The lowest BCUT2D eigenvalue weighted by Gasteiger charge is -2.37. The Morgan fingerprint density at radius 2 is 2.00 bits per heavy atom. The average molecular weight is 495 g/mol. The van der Waals surface area contributed by atoms with Crippen LogP contribution in [0.15, 0.2) is 47.7 Å². The van der Waals surface area contributed by atoms with Gasteiger partial charge in [0.05, 0.1) is 27.7 Å². The average Bonchev–Trinajstić information content (AvgIpc) is 3.33. The normalized spacial score (nSPS) is 26.6. The molecule has 1 saturated carbocycles. The third-order valence-corrected chi connectivity index (χ3v) is 8.39. The summed E-state index contributed by atoms with van der Waals surface area (Å²) in [5.74, 6) is -0.650. The molecule has 1 fully saturated rings. The summed E-state index contributed by atoms with van der Waals surface area (Å²) in [6.07, 6.45) is 1.59. The van der Waals surface area contributed by atoms with E-state index in [-0.39, 0.29) is 40.6 Å².